The Labute approximate surface area is 127 Å². The zero-order chi connectivity index (χ0) is 14.5. The maximum absolute atomic E-state index is 6.30. The average molecular weight is 278 g/mol. The van der Waals surface area contributed by atoms with Gasteiger partial charge in [0.2, 0.25) is 0 Å². The fourth-order valence-electron chi connectivity index (χ4n) is 3.38. The molecule has 21 heavy (non-hydrogen) atoms. The number of nitrogens with one attached hydrogen (secondary N) is 1. The van der Waals surface area contributed by atoms with Crippen LogP contribution >= 0.6 is 0 Å². The maximum Gasteiger partial charge on any atom is 0.290 e. The molecule has 2 aromatic carbocycles. The van der Waals surface area contributed by atoms with Crippen molar-refractivity contribution in [2.75, 3.05) is 6.54 Å². The van der Waals surface area contributed by atoms with E-state index in [4.69, 9.17) is 4.65 Å². The molecule has 1 atom stereocenters. The molecule has 3 heteroatoms. The summed E-state index contributed by atoms with van der Waals surface area (Å²) in [6.07, 6.45) is 2.32. The van der Waals surface area contributed by atoms with Crippen LogP contribution in [-0.4, -0.2) is 20.1 Å². The molecule has 2 aromatic rings. The lowest BCUT2D eigenvalue weighted by molar-refractivity contribution is 0.0778. The van der Waals surface area contributed by atoms with Gasteiger partial charge in [0.25, 0.3) is 7.48 Å². The number of rotatable bonds is 5. The third kappa shape index (κ3) is 2.64. The fourth-order valence-corrected chi connectivity index (χ4v) is 3.38. The van der Waals surface area contributed by atoms with Crippen LogP contribution < -0.4 is 5.32 Å². The predicted octanol–water partition coefficient (Wildman–Crippen LogP) is 3.37. The lowest BCUT2D eigenvalue weighted by Gasteiger charge is -2.40. The van der Waals surface area contributed by atoms with E-state index in [0.29, 0.717) is 6.04 Å². The Kier molecular flexibility index (Phi) is 4.42. The van der Waals surface area contributed by atoms with Gasteiger partial charge >= 0.3 is 0 Å². The van der Waals surface area contributed by atoms with E-state index in [9.17, 15) is 0 Å². The zero-order valence-electron chi connectivity index (χ0n) is 12.5. The van der Waals surface area contributed by atoms with Crippen LogP contribution in [0.25, 0.3) is 0 Å². The maximum atomic E-state index is 6.30. The molecule has 1 aliphatic rings. The third-order valence-corrected chi connectivity index (χ3v) is 4.26. The van der Waals surface area contributed by atoms with Crippen molar-refractivity contribution >= 4 is 7.48 Å². The summed E-state index contributed by atoms with van der Waals surface area (Å²) >= 11 is 0. The van der Waals surface area contributed by atoms with Crippen LogP contribution in [0.5, 0.6) is 0 Å². The number of hydrogen-bond donors (Lipinski definition) is 1. The van der Waals surface area contributed by atoms with Gasteiger partial charge in [0, 0.05) is 6.04 Å². The molecule has 0 amide bonds. The summed E-state index contributed by atoms with van der Waals surface area (Å²) in [5.74, 6) is 0. The second kappa shape index (κ2) is 6.46. The van der Waals surface area contributed by atoms with Crippen molar-refractivity contribution in [2.24, 2.45) is 0 Å². The quantitative estimate of drug-likeness (QED) is 0.847. The van der Waals surface area contributed by atoms with Gasteiger partial charge in [0.05, 0.1) is 0 Å². The molecule has 0 aromatic heterocycles. The summed E-state index contributed by atoms with van der Waals surface area (Å²) in [6, 6.07) is 21.4. The van der Waals surface area contributed by atoms with Gasteiger partial charge in [-0.05, 0) is 30.5 Å². The van der Waals surface area contributed by atoms with Crippen LogP contribution in [0.3, 0.4) is 0 Å². The van der Waals surface area contributed by atoms with Gasteiger partial charge in [-0.2, -0.15) is 0 Å². The van der Waals surface area contributed by atoms with Gasteiger partial charge in [0.15, 0.2) is 0 Å². The van der Waals surface area contributed by atoms with Crippen LogP contribution in [0.2, 0.25) is 6.82 Å². The normalized spacial score (nSPS) is 18.6. The van der Waals surface area contributed by atoms with E-state index in [1.807, 2.05) is 14.3 Å². The Morgan fingerprint density at radius 1 is 1.00 bits per heavy atom. The van der Waals surface area contributed by atoms with Crippen molar-refractivity contribution < 1.29 is 4.65 Å². The van der Waals surface area contributed by atoms with Crippen molar-refractivity contribution in [3.63, 3.8) is 0 Å². The molecule has 1 fully saturated rings. The molecule has 1 aliphatic heterocycles. The minimum atomic E-state index is -0.451. The van der Waals surface area contributed by atoms with Gasteiger partial charge in [-0.1, -0.05) is 67.5 Å². The van der Waals surface area contributed by atoms with Crippen LogP contribution in [0.1, 0.15) is 24.0 Å². The average Bonchev–Trinajstić information content (AvgIpc) is 3.09. The second-order valence-corrected chi connectivity index (χ2v) is 5.47. The van der Waals surface area contributed by atoms with Crippen molar-refractivity contribution in [2.45, 2.75) is 31.3 Å². The SMILES string of the molecule is C[B]OC(c1ccccc1)(c1ccccc1)C1CCCN1. The molecule has 0 aliphatic carbocycles. The van der Waals surface area contributed by atoms with Crippen LogP contribution in [0.4, 0.5) is 0 Å². The lowest BCUT2D eigenvalue weighted by atomic mass is 9.77. The molecule has 1 unspecified atom stereocenters. The lowest BCUT2D eigenvalue weighted by Crippen LogP contribution is -2.48. The standard InChI is InChI=1S/C18H21BNO/c1-19-21-18(17-13-8-14-20-17,15-9-4-2-5-10-15)16-11-6-3-7-12-16/h2-7,9-12,17,20H,8,13-14H2,1H3. The van der Waals surface area contributed by atoms with E-state index in [0.717, 1.165) is 13.0 Å². The van der Waals surface area contributed by atoms with Gasteiger partial charge in [-0.15, -0.1) is 0 Å². The van der Waals surface area contributed by atoms with E-state index in [1.165, 1.54) is 17.5 Å². The zero-order valence-corrected chi connectivity index (χ0v) is 12.5. The van der Waals surface area contributed by atoms with E-state index in [-0.39, 0.29) is 0 Å². The fraction of sp³-hybridized carbons (Fsp3) is 0.333. The van der Waals surface area contributed by atoms with Crippen LogP contribution in [0, 0.1) is 0 Å². The molecule has 1 N–H and O–H groups in total. The highest BCUT2D eigenvalue weighted by atomic mass is 16.5. The highest BCUT2D eigenvalue weighted by Gasteiger charge is 2.43. The summed E-state index contributed by atoms with van der Waals surface area (Å²) in [7, 11) is 1.82. The van der Waals surface area contributed by atoms with Gasteiger partial charge in [0.1, 0.15) is 5.60 Å². The Hall–Kier alpha value is -1.58. The van der Waals surface area contributed by atoms with E-state index >= 15 is 0 Å². The molecular weight excluding hydrogens is 257 g/mol. The Morgan fingerprint density at radius 2 is 1.57 bits per heavy atom. The van der Waals surface area contributed by atoms with Crippen molar-refractivity contribution in [3.8, 4) is 0 Å². The highest BCUT2D eigenvalue weighted by molar-refractivity contribution is 6.25. The largest absolute Gasteiger partial charge is 0.427 e. The first-order chi connectivity index (χ1) is 10.4. The monoisotopic (exact) mass is 278 g/mol. The summed E-state index contributed by atoms with van der Waals surface area (Å²) in [5, 5.41) is 3.63. The van der Waals surface area contributed by atoms with Gasteiger partial charge in [-0.3, -0.25) is 0 Å². The second-order valence-electron chi connectivity index (χ2n) is 5.47. The minimum Gasteiger partial charge on any atom is -0.427 e. The number of hydrogen-bond acceptors (Lipinski definition) is 2. The van der Waals surface area contributed by atoms with Gasteiger partial charge < -0.3 is 9.97 Å². The minimum absolute atomic E-state index is 0.290. The van der Waals surface area contributed by atoms with E-state index in [1.54, 1.807) is 0 Å². The van der Waals surface area contributed by atoms with Crippen LogP contribution in [-0.2, 0) is 10.3 Å². The van der Waals surface area contributed by atoms with E-state index < -0.39 is 5.60 Å². The summed E-state index contributed by atoms with van der Waals surface area (Å²) < 4.78 is 6.30. The summed E-state index contributed by atoms with van der Waals surface area (Å²) in [5.41, 5.74) is 1.95. The smallest absolute Gasteiger partial charge is 0.290 e. The van der Waals surface area contributed by atoms with Crippen molar-refractivity contribution in [3.05, 3.63) is 71.8 Å². The molecule has 1 radical (unpaired) electrons. The molecule has 0 bridgehead atoms. The van der Waals surface area contributed by atoms with Crippen molar-refractivity contribution in [1.29, 1.82) is 0 Å². The Bertz CT molecular complexity index is 512. The highest BCUT2D eigenvalue weighted by Crippen LogP contribution is 2.39. The van der Waals surface area contributed by atoms with E-state index in [2.05, 4.69) is 66.0 Å². The first-order valence-electron chi connectivity index (χ1n) is 7.68. The third-order valence-electron chi connectivity index (χ3n) is 4.26. The molecule has 3 rings (SSSR count). The molecule has 1 saturated heterocycles. The molecule has 2 nitrogen and oxygen atoms in total. The van der Waals surface area contributed by atoms with Crippen LogP contribution in [0.15, 0.2) is 60.7 Å². The molecular formula is C18H21BNO. The summed E-state index contributed by atoms with van der Waals surface area (Å²) in [4.78, 5) is 0. The first kappa shape index (κ1) is 14.4. The molecule has 107 valence electrons. The Balaban J connectivity index is 2.15. The molecule has 0 spiro atoms. The first-order valence-corrected chi connectivity index (χ1v) is 7.68. The molecule has 0 saturated carbocycles. The topological polar surface area (TPSA) is 21.3 Å². The summed E-state index contributed by atoms with van der Waals surface area (Å²) in [6.45, 7) is 3.01. The predicted molar refractivity (Wildman–Crippen MR) is 87.4 cm³/mol. The molecule has 1 heterocycles. The van der Waals surface area contributed by atoms with Crippen molar-refractivity contribution in [1.82, 2.24) is 5.32 Å². The Morgan fingerprint density at radius 3 is 2.00 bits per heavy atom. The number of benzene rings is 2. The van der Waals surface area contributed by atoms with Gasteiger partial charge in [-0.25, -0.2) is 0 Å².